The lowest BCUT2D eigenvalue weighted by Crippen LogP contribution is -2.40. The van der Waals surface area contributed by atoms with Crippen LogP contribution in [-0.2, 0) is 16.1 Å². The number of halogens is 1. The Morgan fingerprint density at radius 1 is 1.00 bits per heavy atom. The summed E-state index contributed by atoms with van der Waals surface area (Å²) < 4.78 is 11.0. The maximum Gasteiger partial charge on any atom is 0.238 e. The van der Waals surface area contributed by atoms with E-state index in [-0.39, 0.29) is 24.9 Å². The van der Waals surface area contributed by atoms with Gasteiger partial charge in [-0.15, -0.1) is 0 Å². The van der Waals surface area contributed by atoms with Crippen molar-refractivity contribution in [2.75, 3.05) is 38.2 Å². The first-order chi connectivity index (χ1) is 14.0. The molecule has 0 aliphatic carbocycles. The number of hydrogen-bond donors (Lipinski definition) is 2. The van der Waals surface area contributed by atoms with Gasteiger partial charge in [-0.1, -0.05) is 30.7 Å². The van der Waals surface area contributed by atoms with Crippen LogP contribution in [0.2, 0.25) is 5.02 Å². The molecular weight excluding hydrogens is 394 g/mol. The highest BCUT2D eigenvalue weighted by Gasteiger charge is 2.15. The van der Waals surface area contributed by atoms with Gasteiger partial charge in [0.05, 0.1) is 13.1 Å². The van der Waals surface area contributed by atoms with E-state index in [0.29, 0.717) is 48.5 Å². The predicted molar refractivity (Wildman–Crippen MR) is 111 cm³/mol. The summed E-state index contributed by atoms with van der Waals surface area (Å²) in [4.78, 5) is 26.4. The molecule has 2 N–H and O–H groups in total. The van der Waals surface area contributed by atoms with Gasteiger partial charge in [0.25, 0.3) is 0 Å². The van der Waals surface area contributed by atoms with Crippen molar-refractivity contribution in [1.82, 2.24) is 10.2 Å². The first kappa shape index (κ1) is 21.0. The second kappa shape index (κ2) is 10.1. The lowest BCUT2D eigenvalue weighted by Gasteiger charge is -2.21. The maximum atomic E-state index is 12.4. The Morgan fingerprint density at radius 2 is 1.69 bits per heavy atom. The summed E-state index contributed by atoms with van der Waals surface area (Å²) in [5.41, 5.74) is 1.59. The molecule has 154 valence electrons. The Labute approximate surface area is 174 Å². The molecule has 3 rings (SSSR count). The van der Waals surface area contributed by atoms with Crippen molar-refractivity contribution in [2.45, 2.75) is 13.5 Å². The van der Waals surface area contributed by atoms with Gasteiger partial charge in [-0.05, 0) is 36.4 Å². The second-order valence-electron chi connectivity index (χ2n) is 6.61. The third-order valence-corrected chi connectivity index (χ3v) is 4.66. The number of amides is 2. The number of nitrogens with one attached hydrogen (secondary N) is 2. The van der Waals surface area contributed by atoms with E-state index in [0.717, 1.165) is 5.56 Å². The van der Waals surface area contributed by atoms with Crippen LogP contribution in [0.5, 0.6) is 11.5 Å². The SMILES string of the molecule is CCN(CC(=O)NCc1ccc(Cl)cc1)CC(=O)Nc1ccc2c(c1)OCCO2. The minimum absolute atomic E-state index is 0.110. The van der Waals surface area contributed by atoms with Crippen LogP contribution in [0.15, 0.2) is 42.5 Å². The number of rotatable bonds is 8. The molecule has 1 heterocycles. The summed E-state index contributed by atoms with van der Waals surface area (Å²) in [6, 6.07) is 12.6. The first-order valence-electron chi connectivity index (χ1n) is 9.46. The largest absolute Gasteiger partial charge is 0.486 e. The number of hydrogen-bond acceptors (Lipinski definition) is 5. The van der Waals surface area contributed by atoms with E-state index in [1.54, 1.807) is 35.2 Å². The van der Waals surface area contributed by atoms with Gasteiger partial charge in [0.15, 0.2) is 11.5 Å². The third-order valence-electron chi connectivity index (χ3n) is 4.41. The average molecular weight is 418 g/mol. The number of benzene rings is 2. The Morgan fingerprint density at radius 3 is 2.41 bits per heavy atom. The lowest BCUT2D eigenvalue weighted by molar-refractivity contribution is -0.123. The van der Waals surface area contributed by atoms with E-state index in [4.69, 9.17) is 21.1 Å². The molecule has 0 fully saturated rings. The van der Waals surface area contributed by atoms with E-state index in [1.165, 1.54) is 0 Å². The summed E-state index contributed by atoms with van der Waals surface area (Å²) in [7, 11) is 0. The van der Waals surface area contributed by atoms with Crippen molar-refractivity contribution in [3.05, 3.63) is 53.1 Å². The van der Waals surface area contributed by atoms with Crippen LogP contribution in [-0.4, -0.2) is 49.6 Å². The zero-order valence-electron chi connectivity index (χ0n) is 16.2. The zero-order valence-corrected chi connectivity index (χ0v) is 17.0. The Hall–Kier alpha value is -2.77. The van der Waals surface area contributed by atoms with Gasteiger partial charge in [0, 0.05) is 23.3 Å². The van der Waals surface area contributed by atoms with Gasteiger partial charge in [-0.2, -0.15) is 0 Å². The molecule has 0 atom stereocenters. The highest BCUT2D eigenvalue weighted by atomic mass is 35.5. The Balaban J connectivity index is 1.46. The summed E-state index contributed by atoms with van der Waals surface area (Å²) in [6.07, 6.45) is 0. The quantitative estimate of drug-likeness (QED) is 0.690. The Kier molecular flexibility index (Phi) is 7.32. The normalized spacial score (nSPS) is 12.5. The van der Waals surface area contributed by atoms with Crippen LogP contribution in [0.1, 0.15) is 12.5 Å². The third kappa shape index (κ3) is 6.37. The molecule has 0 unspecified atom stereocenters. The standard InChI is InChI=1S/C21H24ClN3O4/c1-2-25(13-20(26)23-12-15-3-5-16(22)6-4-15)14-21(27)24-17-7-8-18-19(11-17)29-10-9-28-18/h3-8,11H,2,9-10,12-14H2,1H3,(H,23,26)(H,24,27). The van der Waals surface area contributed by atoms with Gasteiger partial charge in [0.2, 0.25) is 11.8 Å². The number of fused-ring (bicyclic) bond motifs is 1. The summed E-state index contributed by atoms with van der Waals surface area (Å²) >= 11 is 5.86. The van der Waals surface area contributed by atoms with Crippen molar-refractivity contribution >= 4 is 29.1 Å². The van der Waals surface area contributed by atoms with Gasteiger partial charge in [-0.3, -0.25) is 14.5 Å². The number of nitrogens with zero attached hydrogens (tertiary/aromatic N) is 1. The monoisotopic (exact) mass is 417 g/mol. The molecule has 1 aliphatic heterocycles. The predicted octanol–water partition coefficient (Wildman–Crippen LogP) is 2.69. The maximum absolute atomic E-state index is 12.4. The van der Waals surface area contributed by atoms with Crippen LogP contribution in [0.4, 0.5) is 5.69 Å². The lowest BCUT2D eigenvalue weighted by atomic mass is 10.2. The molecule has 2 aromatic carbocycles. The summed E-state index contributed by atoms with van der Waals surface area (Å²) in [5.74, 6) is 0.938. The van der Waals surface area contributed by atoms with E-state index < -0.39 is 0 Å². The number of carbonyl (C=O) groups is 2. The van der Waals surface area contributed by atoms with Gasteiger partial charge < -0.3 is 20.1 Å². The van der Waals surface area contributed by atoms with Gasteiger partial charge in [0.1, 0.15) is 13.2 Å². The fourth-order valence-electron chi connectivity index (χ4n) is 2.87. The van der Waals surface area contributed by atoms with Crippen LogP contribution in [0.3, 0.4) is 0 Å². The Bertz CT molecular complexity index is 858. The summed E-state index contributed by atoms with van der Waals surface area (Å²) in [5, 5.41) is 6.34. The minimum atomic E-state index is -0.200. The molecule has 2 amide bonds. The molecule has 0 aromatic heterocycles. The number of ether oxygens (including phenoxy) is 2. The molecule has 2 aromatic rings. The highest BCUT2D eigenvalue weighted by molar-refractivity contribution is 6.30. The van der Waals surface area contributed by atoms with Crippen molar-refractivity contribution < 1.29 is 19.1 Å². The molecular formula is C21H24ClN3O4. The number of carbonyl (C=O) groups excluding carboxylic acids is 2. The molecule has 0 saturated heterocycles. The smallest absolute Gasteiger partial charge is 0.238 e. The fourth-order valence-corrected chi connectivity index (χ4v) is 2.99. The number of likely N-dealkylation sites (N-methyl/N-ethyl adjacent to an activating group) is 1. The molecule has 1 aliphatic rings. The van der Waals surface area contributed by atoms with E-state index in [1.807, 2.05) is 19.1 Å². The van der Waals surface area contributed by atoms with Gasteiger partial charge >= 0.3 is 0 Å². The van der Waals surface area contributed by atoms with E-state index in [2.05, 4.69) is 10.6 Å². The second-order valence-corrected chi connectivity index (χ2v) is 7.05. The molecule has 29 heavy (non-hydrogen) atoms. The summed E-state index contributed by atoms with van der Waals surface area (Å²) in [6.45, 7) is 4.14. The minimum Gasteiger partial charge on any atom is -0.486 e. The van der Waals surface area contributed by atoms with Crippen molar-refractivity contribution in [3.8, 4) is 11.5 Å². The zero-order chi connectivity index (χ0) is 20.6. The van der Waals surface area contributed by atoms with Crippen LogP contribution in [0, 0.1) is 0 Å². The molecule has 0 spiro atoms. The molecule has 8 heteroatoms. The molecule has 0 bridgehead atoms. The van der Waals surface area contributed by atoms with Crippen molar-refractivity contribution in [3.63, 3.8) is 0 Å². The number of anilines is 1. The van der Waals surface area contributed by atoms with E-state index >= 15 is 0 Å². The fraction of sp³-hybridized carbons (Fsp3) is 0.333. The highest BCUT2D eigenvalue weighted by Crippen LogP contribution is 2.32. The average Bonchev–Trinajstić information content (AvgIpc) is 2.72. The van der Waals surface area contributed by atoms with Crippen LogP contribution < -0.4 is 20.1 Å². The molecule has 0 radical (unpaired) electrons. The van der Waals surface area contributed by atoms with Crippen molar-refractivity contribution in [1.29, 1.82) is 0 Å². The van der Waals surface area contributed by atoms with E-state index in [9.17, 15) is 9.59 Å². The first-order valence-corrected chi connectivity index (χ1v) is 9.84. The topological polar surface area (TPSA) is 79.9 Å². The van der Waals surface area contributed by atoms with Gasteiger partial charge in [-0.25, -0.2) is 0 Å². The van der Waals surface area contributed by atoms with Crippen LogP contribution >= 0.6 is 11.6 Å². The van der Waals surface area contributed by atoms with Crippen LogP contribution in [0.25, 0.3) is 0 Å². The van der Waals surface area contributed by atoms with Crippen molar-refractivity contribution in [2.24, 2.45) is 0 Å². The molecule has 0 saturated carbocycles. The molecule has 7 nitrogen and oxygen atoms in total.